The molecule has 1 heterocycles. The molecular weight excluding hydrogens is 156 g/mol. The van der Waals surface area contributed by atoms with Crippen LogP contribution in [-0.2, 0) is 6.42 Å². The van der Waals surface area contributed by atoms with Gasteiger partial charge < -0.3 is 5.11 Å². The lowest BCUT2D eigenvalue weighted by atomic mass is 10.2. The van der Waals surface area contributed by atoms with E-state index in [4.69, 9.17) is 5.11 Å². The van der Waals surface area contributed by atoms with Crippen molar-refractivity contribution >= 4 is 11.3 Å². The maximum atomic E-state index is 9.03. The highest BCUT2D eigenvalue weighted by atomic mass is 32.1. The summed E-state index contributed by atoms with van der Waals surface area (Å²) in [6.07, 6.45) is 1.72. The van der Waals surface area contributed by atoms with Gasteiger partial charge in [-0.3, -0.25) is 0 Å². The van der Waals surface area contributed by atoms with Gasteiger partial charge in [-0.1, -0.05) is 0 Å². The highest BCUT2D eigenvalue weighted by Crippen LogP contribution is 2.15. The molecule has 0 aliphatic carbocycles. The minimum Gasteiger partial charge on any atom is -0.393 e. The first-order valence-corrected chi connectivity index (χ1v) is 4.78. The van der Waals surface area contributed by atoms with Crippen LogP contribution in [0.5, 0.6) is 0 Å². The molecule has 2 heteroatoms. The maximum Gasteiger partial charge on any atom is 0.0515 e. The third-order valence-corrected chi connectivity index (χ3v) is 2.71. The Bertz CT molecular complexity index is 215. The molecule has 1 aromatic heterocycles. The zero-order valence-corrected chi connectivity index (χ0v) is 7.82. The molecule has 0 aliphatic heterocycles. The fourth-order valence-corrected chi connectivity index (χ4v) is 1.87. The number of hydrogen-bond acceptors (Lipinski definition) is 2. The van der Waals surface area contributed by atoms with Gasteiger partial charge in [0.1, 0.15) is 0 Å². The zero-order chi connectivity index (χ0) is 8.27. The molecule has 0 aliphatic rings. The Labute approximate surface area is 71.7 Å². The van der Waals surface area contributed by atoms with Crippen molar-refractivity contribution in [1.29, 1.82) is 0 Å². The van der Waals surface area contributed by atoms with E-state index >= 15 is 0 Å². The van der Waals surface area contributed by atoms with Gasteiger partial charge in [0.2, 0.25) is 0 Å². The van der Waals surface area contributed by atoms with E-state index in [1.54, 1.807) is 11.3 Å². The van der Waals surface area contributed by atoms with Crippen LogP contribution in [0, 0.1) is 6.92 Å². The van der Waals surface area contributed by atoms with Crippen molar-refractivity contribution in [1.82, 2.24) is 0 Å². The van der Waals surface area contributed by atoms with Gasteiger partial charge in [0.05, 0.1) is 6.10 Å². The lowest BCUT2D eigenvalue weighted by Crippen LogP contribution is -1.99. The predicted molar refractivity (Wildman–Crippen MR) is 49.1 cm³/mol. The fraction of sp³-hybridized carbons (Fsp3) is 0.556. The number of aliphatic hydroxyl groups is 1. The Morgan fingerprint density at radius 3 is 2.82 bits per heavy atom. The third kappa shape index (κ3) is 3.04. The molecule has 0 radical (unpaired) electrons. The average molecular weight is 170 g/mol. The Morgan fingerprint density at radius 1 is 1.64 bits per heavy atom. The van der Waals surface area contributed by atoms with Crippen LogP contribution in [0.25, 0.3) is 0 Å². The Balaban J connectivity index is 2.39. The van der Waals surface area contributed by atoms with Gasteiger partial charge in [0, 0.05) is 4.88 Å². The average Bonchev–Trinajstić information content (AvgIpc) is 2.31. The molecule has 0 fully saturated rings. The van der Waals surface area contributed by atoms with Crippen LogP contribution in [0.3, 0.4) is 0 Å². The van der Waals surface area contributed by atoms with Gasteiger partial charge in [-0.25, -0.2) is 0 Å². The molecule has 0 saturated heterocycles. The van der Waals surface area contributed by atoms with Gasteiger partial charge >= 0.3 is 0 Å². The summed E-state index contributed by atoms with van der Waals surface area (Å²) in [5.74, 6) is 0. The van der Waals surface area contributed by atoms with E-state index < -0.39 is 0 Å². The van der Waals surface area contributed by atoms with E-state index in [-0.39, 0.29) is 6.10 Å². The van der Waals surface area contributed by atoms with E-state index in [9.17, 15) is 0 Å². The molecule has 1 N–H and O–H groups in total. The van der Waals surface area contributed by atoms with Gasteiger partial charge in [0.25, 0.3) is 0 Å². The third-order valence-electron chi connectivity index (χ3n) is 1.59. The van der Waals surface area contributed by atoms with Crippen LogP contribution in [0.1, 0.15) is 23.8 Å². The van der Waals surface area contributed by atoms with E-state index in [1.165, 1.54) is 10.4 Å². The molecule has 0 bridgehead atoms. The van der Waals surface area contributed by atoms with Crippen molar-refractivity contribution in [3.8, 4) is 0 Å². The van der Waals surface area contributed by atoms with Gasteiger partial charge in [-0.15, -0.1) is 11.3 Å². The summed E-state index contributed by atoms with van der Waals surface area (Å²) in [5.41, 5.74) is 1.33. The maximum absolute atomic E-state index is 9.03. The van der Waals surface area contributed by atoms with Crippen LogP contribution < -0.4 is 0 Å². The lowest BCUT2D eigenvalue weighted by molar-refractivity contribution is 0.185. The SMILES string of the molecule is Cc1csc(CC[C@@H](C)O)c1. The molecular formula is C9H14OS. The first kappa shape index (κ1) is 8.75. The predicted octanol–water partition coefficient (Wildman–Crippen LogP) is 2.37. The minimum atomic E-state index is -0.169. The van der Waals surface area contributed by atoms with Crippen molar-refractivity contribution in [3.05, 3.63) is 21.9 Å². The summed E-state index contributed by atoms with van der Waals surface area (Å²) in [6.45, 7) is 3.93. The molecule has 0 saturated carbocycles. The second-order valence-electron chi connectivity index (χ2n) is 2.98. The second-order valence-corrected chi connectivity index (χ2v) is 3.97. The number of hydrogen-bond donors (Lipinski definition) is 1. The molecule has 62 valence electrons. The van der Waals surface area contributed by atoms with Crippen LogP contribution >= 0.6 is 11.3 Å². The summed E-state index contributed by atoms with van der Waals surface area (Å²) in [5, 5.41) is 11.2. The molecule has 0 spiro atoms. The lowest BCUT2D eigenvalue weighted by Gasteiger charge is -2.00. The zero-order valence-electron chi connectivity index (χ0n) is 7.00. The number of thiophene rings is 1. The van der Waals surface area contributed by atoms with Gasteiger partial charge in [-0.05, 0) is 43.7 Å². The Kier molecular flexibility index (Phi) is 3.09. The normalized spacial score (nSPS) is 13.4. The number of aliphatic hydroxyl groups excluding tert-OH is 1. The molecule has 1 aromatic rings. The summed E-state index contributed by atoms with van der Waals surface area (Å²) < 4.78 is 0. The molecule has 1 atom stereocenters. The summed E-state index contributed by atoms with van der Waals surface area (Å²) in [4.78, 5) is 1.38. The Morgan fingerprint density at radius 2 is 2.36 bits per heavy atom. The smallest absolute Gasteiger partial charge is 0.0515 e. The van der Waals surface area contributed by atoms with Crippen molar-refractivity contribution in [2.24, 2.45) is 0 Å². The van der Waals surface area contributed by atoms with E-state index in [2.05, 4.69) is 18.4 Å². The quantitative estimate of drug-likeness (QED) is 0.738. The van der Waals surface area contributed by atoms with Crippen LogP contribution in [0.2, 0.25) is 0 Å². The highest BCUT2D eigenvalue weighted by molar-refractivity contribution is 7.10. The van der Waals surface area contributed by atoms with Gasteiger partial charge in [-0.2, -0.15) is 0 Å². The summed E-state index contributed by atoms with van der Waals surface area (Å²) in [6, 6.07) is 2.19. The molecule has 1 nitrogen and oxygen atoms in total. The van der Waals surface area contributed by atoms with E-state index in [1.807, 2.05) is 6.92 Å². The first-order chi connectivity index (χ1) is 5.18. The Hall–Kier alpha value is -0.340. The van der Waals surface area contributed by atoms with Crippen molar-refractivity contribution in [2.75, 3.05) is 0 Å². The van der Waals surface area contributed by atoms with Gasteiger partial charge in [0.15, 0.2) is 0 Å². The summed E-state index contributed by atoms with van der Waals surface area (Å²) >= 11 is 1.78. The topological polar surface area (TPSA) is 20.2 Å². The van der Waals surface area contributed by atoms with Crippen molar-refractivity contribution < 1.29 is 5.11 Å². The van der Waals surface area contributed by atoms with Crippen molar-refractivity contribution in [2.45, 2.75) is 32.8 Å². The molecule has 0 aromatic carbocycles. The van der Waals surface area contributed by atoms with Crippen LogP contribution in [0.15, 0.2) is 11.4 Å². The number of aryl methyl sites for hydroxylation is 2. The van der Waals surface area contributed by atoms with E-state index in [0.717, 1.165) is 12.8 Å². The standard InChI is InChI=1S/C9H14OS/c1-7-5-9(11-6-7)4-3-8(2)10/h5-6,8,10H,3-4H2,1-2H3/t8-/m1/s1. The molecule has 0 unspecified atom stereocenters. The minimum absolute atomic E-state index is 0.169. The van der Waals surface area contributed by atoms with E-state index in [0.29, 0.717) is 0 Å². The van der Waals surface area contributed by atoms with Crippen molar-refractivity contribution in [3.63, 3.8) is 0 Å². The van der Waals surface area contributed by atoms with Crippen LogP contribution in [0.4, 0.5) is 0 Å². The number of rotatable bonds is 3. The summed E-state index contributed by atoms with van der Waals surface area (Å²) in [7, 11) is 0. The largest absolute Gasteiger partial charge is 0.393 e. The molecule has 11 heavy (non-hydrogen) atoms. The molecule has 1 rings (SSSR count). The first-order valence-electron chi connectivity index (χ1n) is 3.90. The highest BCUT2D eigenvalue weighted by Gasteiger charge is 1.99. The van der Waals surface area contributed by atoms with Crippen LogP contribution in [-0.4, -0.2) is 11.2 Å². The fourth-order valence-electron chi connectivity index (χ4n) is 0.973. The monoisotopic (exact) mass is 170 g/mol. The molecule has 0 amide bonds. The second kappa shape index (κ2) is 3.88.